The summed E-state index contributed by atoms with van der Waals surface area (Å²) in [6.45, 7) is 3.47. The predicted molar refractivity (Wildman–Crippen MR) is 113 cm³/mol. The zero-order chi connectivity index (χ0) is 22.8. The van der Waals surface area contributed by atoms with E-state index in [9.17, 15) is 22.8 Å². The number of ether oxygens (including phenoxy) is 2. The highest BCUT2D eigenvalue weighted by Crippen LogP contribution is 2.35. The van der Waals surface area contributed by atoms with Gasteiger partial charge in [0, 0.05) is 12.8 Å². The average molecular weight is 446 g/mol. The summed E-state index contributed by atoms with van der Waals surface area (Å²) in [5.74, 6) is -1.21. The van der Waals surface area contributed by atoms with Crippen LogP contribution in [0.4, 0.5) is 11.4 Å². The van der Waals surface area contributed by atoms with E-state index in [2.05, 4.69) is 4.72 Å². The Morgan fingerprint density at radius 2 is 1.81 bits per heavy atom. The maximum Gasteiger partial charge on any atom is 0.338 e. The number of nitrogens with zero attached hydrogens (tertiary/aromatic N) is 1. The minimum atomic E-state index is -4.11. The Hall–Kier alpha value is -3.40. The largest absolute Gasteiger partial charge is 0.495 e. The van der Waals surface area contributed by atoms with Gasteiger partial charge in [-0.2, -0.15) is 0 Å². The smallest absolute Gasteiger partial charge is 0.338 e. The van der Waals surface area contributed by atoms with Gasteiger partial charge in [-0.15, -0.1) is 0 Å². The number of rotatable bonds is 7. The highest BCUT2D eigenvalue weighted by atomic mass is 32.2. The first-order chi connectivity index (χ1) is 14.7. The van der Waals surface area contributed by atoms with Gasteiger partial charge in [0.05, 0.1) is 35.6 Å². The number of benzene rings is 2. The van der Waals surface area contributed by atoms with Gasteiger partial charge in [-0.1, -0.05) is 6.07 Å². The van der Waals surface area contributed by atoms with E-state index in [4.69, 9.17) is 9.47 Å². The van der Waals surface area contributed by atoms with Crippen LogP contribution in [0, 0.1) is 6.92 Å². The Kier molecular flexibility index (Phi) is 6.30. The number of carbonyl (C=O) groups is 3. The lowest BCUT2D eigenvalue weighted by molar-refractivity contribution is -0.121. The Morgan fingerprint density at radius 1 is 1.13 bits per heavy atom. The van der Waals surface area contributed by atoms with Crippen LogP contribution in [0.1, 0.15) is 35.7 Å². The fraction of sp³-hybridized carbons (Fsp3) is 0.286. The molecule has 2 aromatic rings. The lowest BCUT2D eigenvalue weighted by atomic mass is 10.1. The van der Waals surface area contributed by atoms with E-state index in [1.807, 2.05) is 0 Å². The third-order valence-electron chi connectivity index (χ3n) is 4.83. The molecule has 1 aliphatic rings. The molecule has 164 valence electrons. The van der Waals surface area contributed by atoms with Crippen molar-refractivity contribution < 1.29 is 32.3 Å². The van der Waals surface area contributed by atoms with Crippen molar-refractivity contribution in [3.63, 3.8) is 0 Å². The summed E-state index contributed by atoms with van der Waals surface area (Å²) in [6, 6.07) is 8.50. The SMILES string of the molecule is CCOC(=O)c1cccc(NS(=O)(=O)c2ccc(OC)c(N3C(=O)CCC3=O)c2)c1C. The molecule has 10 heteroatoms. The van der Waals surface area contributed by atoms with Crippen LogP contribution < -0.4 is 14.4 Å². The van der Waals surface area contributed by atoms with Crippen LogP contribution in [0.3, 0.4) is 0 Å². The van der Waals surface area contributed by atoms with E-state index in [1.54, 1.807) is 19.9 Å². The van der Waals surface area contributed by atoms with Crippen molar-refractivity contribution in [2.45, 2.75) is 31.6 Å². The zero-order valence-electron chi connectivity index (χ0n) is 17.3. The Bertz CT molecular complexity index is 1140. The number of imide groups is 1. The van der Waals surface area contributed by atoms with Crippen LogP contribution in [0.15, 0.2) is 41.3 Å². The highest BCUT2D eigenvalue weighted by Gasteiger charge is 2.33. The highest BCUT2D eigenvalue weighted by molar-refractivity contribution is 7.92. The molecule has 1 fully saturated rings. The molecule has 0 unspecified atom stereocenters. The summed E-state index contributed by atoms with van der Waals surface area (Å²) in [6.07, 6.45) is 0.105. The second kappa shape index (κ2) is 8.76. The molecule has 0 aliphatic carbocycles. The number of hydrogen-bond acceptors (Lipinski definition) is 7. The number of sulfonamides is 1. The molecule has 1 saturated heterocycles. The third kappa shape index (κ3) is 4.38. The molecule has 0 bridgehead atoms. The van der Waals surface area contributed by atoms with Gasteiger partial charge in [-0.05, 0) is 49.7 Å². The van der Waals surface area contributed by atoms with Crippen LogP contribution in [-0.4, -0.2) is 39.9 Å². The van der Waals surface area contributed by atoms with Gasteiger partial charge in [-0.25, -0.2) is 18.1 Å². The fourth-order valence-corrected chi connectivity index (χ4v) is 4.38. The van der Waals surface area contributed by atoms with Crippen LogP contribution >= 0.6 is 0 Å². The fourth-order valence-electron chi connectivity index (χ4n) is 3.24. The van der Waals surface area contributed by atoms with Crippen LogP contribution in [0.25, 0.3) is 0 Å². The Morgan fingerprint density at radius 3 is 2.42 bits per heavy atom. The number of anilines is 2. The molecule has 0 spiro atoms. The number of nitrogens with one attached hydrogen (secondary N) is 1. The zero-order valence-corrected chi connectivity index (χ0v) is 18.1. The van der Waals surface area contributed by atoms with Gasteiger partial charge in [0.25, 0.3) is 10.0 Å². The second-order valence-corrected chi connectivity index (χ2v) is 8.44. The maximum absolute atomic E-state index is 13.0. The van der Waals surface area contributed by atoms with Gasteiger partial charge in [0.2, 0.25) is 11.8 Å². The molecular weight excluding hydrogens is 424 g/mol. The molecule has 2 aromatic carbocycles. The summed E-state index contributed by atoms with van der Waals surface area (Å²) >= 11 is 0. The van der Waals surface area contributed by atoms with Gasteiger partial charge in [0.15, 0.2) is 0 Å². The van der Waals surface area contributed by atoms with Crippen molar-refractivity contribution >= 4 is 39.2 Å². The molecule has 0 radical (unpaired) electrons. The second-order valence-electron chi connectivity index (χ2n) is 6.76. The minimum Gasteiger partial charge on any atom is -0.495 e. The summed E-state index contributed by atoms with van der Waals surface area (Å²) in [7, 11) is -2.75. The van der Waals surface area contributed by atoms with Crippen molar-refractivity contribution in [3.8, 4) is 5.75 Å². The Labute approximate surface area is 180 Å². The topological polar surface area (TPSA) is 119 Å². The van der Waals surface area contributed by atoms with Crippen LogP contribution in [0.2, 0.25) is 0 Å². The first-order valence-corrected chi connectivity index (χ1v) is 11.0. The number of hydrogen-bond donors (Lipinski definition) is 1. The van der Waals surface area contributed by atoms with E-state index in [0.717, 1.165) is 4.90 Å². The van der Waals surface area contributed by atoms with Gasteiger partial charge >= 0.3 is 5.97 Å². The molecule has 31 heavy (non-hydrogen) atoms. The van der Waals surface area contributed by atoms with E-state index in [0.29, 0.717) is 5.56 Å². The summed E-state index contributed by atoms with van der Waals surface area (Å²) in [4.78, 5) is 37.2. The summed E-state index contributed by atoms with van der Waals surface area (Å²) in [5, 5.41) is 0. The molecule has 9 nitrogen and oxygen atoms in total. The normalized spacial score (nSPS) is 14.0. The predicted octanol–water partition coefficient (Wildman–Crippen LogP) is 2.63. The first kappa shape index (κ1) is 22.3. The van der Waals surface area contributed by atoms with Crippen LogP contribution in [-0.2, 0) is 24.3 Å². The number of amides is 2. The van der Waals surface area contributed by atoms with Crippen molar-refractivity contribution in [1.82, 2.24) is 0 Å². The van der Waals surface area contributed by atoms with E-state index in [-0.39, 0.29) is 47.0 Å². The van der Waals surface area contributed by atoms with Crippen molar-refractivity contribution in [1.29, 1.82) is 0 Å². The molecule has 3 rings (SSSR count). The van der Waals surface area contributed by atoms with Gasteiger partial charge < -0.3 is 9.47 Å². The number of esters is 1. The van der Waals surface area contributed by atoms with Crippen molar-refractivity contribution in [2.24, 2.45) is 0 Å². The molecular formula is C21H22N2O7S. The summed E-state index contributed by atoms with van der Waals surface area (Å²) < 4.78 is 38.7. The first-order valence-electron chi connectivity index (χ1n) is 9.53. The molecule has 0 atom stereocenters. The Balaban J connectivity index is 1.99. The molecule has 0 saturated carbocycles. The third-order valence-corrected chi connectivity index (χ3v) is 6.19. The van der Waals surface area contributed by atoms with Crippen molar-refractivity contribution in [2.75, 3.05) is 23.3 Å². The lowest BCUT2D eigenvalue weighted by Crippen LogP contribution is -2.29. The molecule has 2 amide bonds. The minimum absolute atomic E-state index is 0.0526. The lowest BCUT2D eigenvalue weighted by Gasteiger charge is -2.19. The van der Waals surface area contributed by atoms with E-state index in [1.165, 1.54) is 37.4 Å². The quantitative estimate of drug-likeness (QED) is 0.513. The molecule has 0 aromatic heterocycles. The van der Waals surface area contributed by atoms with Gasteiger partial charge in [0.1, 0.15) is 5.75 Å². The van der Waals surface area contributed by atoms with Crippen molar-refractivity contribution in [3.05, 3.63) is 47.5 Å². The standard InChI is InChI=1S/C21H22N2O7S/c1-4-30-21(26)15-6-5-7-16(13(15)2)22-31(27,28)14-8-9-18(29-3)17(12-14)23-19(24)10-11-20(23)25/h5-9,12,22H,4,10-11H2,1-3H3. The van der Waals surface area contributed by atoms with Crippen LogP contribution in [0.5, 0.6) is 5.75 Å². The average Bonchev–Trinajstić information content (AvgIpc) is 3.07. The molecule has 1 heterocycles. The van der Waals surface area contributed by atoms with E-state index < -0.39 is 27.8 Å². The van der Waals surface area contributed by atoms with E-state index >= 15 is 0 Å². The number of carbonyl (C=O) groups excluding carboxylic acids is 3. The molecule has 1 N–H and O–H groups in total. The number of methoxy groups -OCH3 is 1. The maximum atomic E-state index is 13.0. The monoisotopic (exact) mass is 446 g/mol. The van der Waals surface area contributed by atoms with Gasteiger partial charge in [-0.3, -0.25) is 14.3 Å². The summed E-state index contributed by atoms with van der Waals surface area (Å²) in [5.41, 5.74) is 0.917. The molecule has 1 aliphatic heterocycles.